The van der Waals surface area contributed by atoms with E-state index in [2.05, 4.69) is 10.3 Å². The molecule has 32 heavy (non-hydrogen) atoms. The Morgan fingerprint density at radius 1 is 1.28 bits per heavy atom. The van der Waals surface area contributed by atoms with E-state index in [4.69, 9.17) is 10.5 Å². The van der Waals surface area contributed by atoms with Gasteiger partial charge in [-0.05, 0) is 30.0 Å². The number of nitrogens with one attached hydrogen (secondary N) is 1. The highest BCUT2D eigenvalue weighted by atomic mass is 32.1. The number of hydrogen-bond acceptors (Lipinski definition) is 6. The molecular weight excluding hydrogens is 435 g/mol. The van der Waals surface area contributed by atoms with Crippen LogP contribution in [0.25, 0.3) is 0 Å². The molecular formula is C22H29FN4O4S. The van der Waals surface area contributed by atoms with Gasteiger partial charge >= 0.3 is 5.97 Å². The molecule has 10 heteroatoms. The van der Waals surface area contributed by atoms with Gasteiger partial charge in [-0.1, -0.05) is 34.1 Å². The van der Waals surface area contributed by atoms with Gasteiger partial charge in [-0.25, -0.2) is 4.39 Å². The summed E-state index contributed by atoms with van der Waals surface area (Å²) < 4.78 is 21.1. The minimum atomic E-state index is -0.733. The fourth-order valence-corrected chi connectivity index (χ4v) is 3.39. The van der Waals surface area contributed by atoms with E-state index >= 15 is 0 Å². The van der Waals surface area contributed by atoms with Gasteiger partial charge in [0.1, 0.15) is 11.9 Å². The Hall–Kier alpha value is -2.85. The number of hydrogen-bond donors (Lipinski definition) is 2. The van der Waals surface area contributed by atoms with Crippen molar-refractivity contribution in [2.24, 2.45) is 22.6 Å². The molecule has 1 aromatic heterocycles. The molecule has 0 saturated heterocycles. The first kappa shape index (κ1) is 25.4. The summed E-state index contributed by atoms with van der Waals surface area (Å²) in [5.41, 5.74) is 5.90. The van der Waals surface area contributed by atoms with Crippen LogP contribution < -0.4 is 15.9 Å². The number of esters is 1. The van der Waals surface area contributed by atoms with Gasteiger partial charge in [0, 0.05) is 23.6 Å². The number of halogens is 1. The number of nitrogens with two attached hydrogens (primary N) is 1. The van der Waals surface area contributed by atoms with Crippen LogP contribution in [0.1, 0.15) is 50.9 Å². The van der Waals surface area contributed by atoms with Gasteiger partial charge in [-0.3, -0.25) is 19.0 Å². The Kier molecular flexibility index (Phi) is 9.27. The highest BCUT2D eigenvalue weighted by Gasteiger charge is 2.21. The molecule has 0 aliphatic rings. The Labute approximate surface area is 190 Å². The van der Waals surface area contributed by atoms with Crippen molar-refractivity contribution >= 4 is 34.8 Å². The predicted molar refractivity (Wildman–Crippen MR) is 120 cm³/mol. The standard InChI is InChI=1S/C22H29FN4O4S/c1-5-14(4)19(24)21(30)31-12-27-8-9-32-22(27)26-20(29)15-6-7-17(16(23)11-15)25-18(28)10-13(2)3/h6-9,11,13-14,19H,5,10,12,24H2,1-4H3,(H,25,28)/b26-22-/t14?,19-/m0/s1. The molecule has 2 amide bonds. The number of anilines is 1. The third-order valence-corrected chi connectivity index (χ3v) is 5.61. The SMILES string of the molecule is CCC(C)[C@H](N)C(=O)OCn1ccs/c1=N\C(=O)c1ccc(NC(=O)CC(C)C)c(F)c1. The fraction of sp³-hybridized carbons (Fsp3) is 0.455. The lowest BCUT2D eigenvalue weighted by molar-refractivity contribution is -0.150. The molecule has 1 unspecified atom stereocenters. The maximum Gasteiger partial charge on any atom is 0.324 e. The van der Waals surface area contributed by atoms with Crippen molar-refractivity contribution in [1.29, 1.82) is 0 Å². The average Bonchev–Trinajstić information content (AvgIpc) is 3.18. The maximum absolute atomic E-state index is 14.4. The van der Waals surface area contributed by atoms with Crippen molar-refractivity contribution in [2.45, 2.75) is 53.3 Å². The summed E-state index contributed by atoms with van der Waals surface area (Å²) >= 11 is 1.17. The molecule has 0 bridgehead atoms. The average molecular weight is 465 g/mol. The molecule has 0 radical (unpaired) electrons. The first-order chi connectivity index (χ1) is 15.1. The summed E-state index contributed by atoms with van der Waals surface area (Å²) in [7, 11) is 0. The number of rotatable bonds is 9. The van der Waals surface area contributed by atoms with Crippen LogP contribution in [-0.4, -0.2) is 28.4 Å². The van der Waals surface area contributed by atoms with Gasteiger partial charge in [0.05, 0.1) is 5.69 Å². The number of amides is 2. The van der Waals surface area contributed by atoms with Crippen LogP contribution >= 0.6 is 11.3 Å². The zero-order chi connectivity index (χ0) is 23.8. The lowest BCUT2D eigenvalue weighted by Gasteiger charge is -2.16. The minimum absolute atomic E-state index is 0.00273. The summed E-state index contributed by atoms with van der Waals surface area (Å²) in [6.45, 7) is 7.42. The Bertz CT molecular complexity index is 1030. The zero-order valence-corrected chi connectivity index (χ0v) is 19.4. The predicted octanol–water partition coefficient (Wildman–Crippen LogP) is 3.29. The Morgan fingerprint density at radius 3 is 2.62 bits per heavy atom. The van der Waals surface area contributed by atoms with E-state index in [0.29, 0.717) is 0 Å². The van der Waals surface area contributed by atoms with E-state index in [1.807, 2.05) is 27.7 Å². The molecule has 3 N–H and O–H groups in total. The number of benzene rings is 1. The number of carbonyl (C=O) groups excluding carboxylic acids is 3. The summed E-state index contributed by atoms with van der Waals surface area (Å²) in [6, 6.07) is 3.02. The topological polar surface area (TPSA) is 116 Å². The lowest BCUT2D eigenvalue weighted by Crippen LogP contribution is -2.38. The molecule has 0 saturated carbocycles. The van der Waals surface area contributed by atoms with Crippen molar-refractivity contribution in [1.82, 2.24) is 4.57 Å². The van der Waals surface area contributed by atoms with Crippen LogP contribution in [0, 0.1) is 17.7 Å². The molecule has 8 nitrogen and oxygen atoms in total. The van der Waals surface area contributed by atoms with E-state index in [-0.39, 0.29) is 46.9 Å². The van der Waals surface area contributed by atoms with E-state index < -0.39 is 23.7 Å². The molecule has 0 spiro atoms. The third kappa shape index (κ3) is 7.10. The minimum Gasteiger partial charge on any atom is -0.443 e. The number of carbonyl (C=O) groups is 3. The van der Waals surface area contributed by atoms with Crippen LogP contribution in [0.4, 0.5) is 10.1 Å². The summed E-state index contributed by atoms with van der Waals surface area (Å²) in [5, 5.41) is 4.18. The maximum atomic E-state index is 14.4. The van der Waals surface area contributed by atoms with Crippen LogP contribution in [0.5, 0.6) is 0 Å². The Morgan fingerprint density at radius 2 is 2.00 bits per heavy atom. The van der Waals surface area contributed by atoms with Crippen molar-refractivity contribution in [3.05, 3.63) is 46.0 Å². The Balaban J connectivity index is 2.10. The monoisotopic (exact) mass is 464 g/mol. The van der Waals surface area contributed by atoms with Gasteiger partial charge < -0.3 is 15.8 Å². The highest BCUT2D eigenvalue weighted by molar-refractivity contribution is 7.07. The molecule has 1 heterocycles. The van der Waals surface area contributed by atoms with Gasteiger partial charge in [0.15, 0.2) is 11.5 Å². The molecule has 174 valence electrons. The van der Waals surface area contributed by atoms with Crippen molar-refractivity contribution in [3.8, 4) is 0 Å². The second kappa shape index (κ2) is 11.7. The van der Waals surface area contributed by atoms with E-state index in [1.165, 1.54) is 28.0 Å². The largest absolute Gasteiger partial charge is 0.443 e. The number of thiazole rings is 1. The van der Waals surface area contributed by atoms with Crippen LogP contribution in [-0.2, 0) is 21.1 Å². The van der Waals surface area contributed by atoms with Crippen LogP contribution in [0.3, 0.4) is 0 Å². The molecule has 2 aromatic rings. The van der Waals surface area contributed by atoms with Crippen LogP contribution in [0.2, 0.25) is 0 Å². The van der Waals surface area contributed by atoms with Gasteiger partial charge in [0.2, 0.25) is 5.91 Å². The summed E-state index contributed by atoms with van der Waals surface area (Å²) in [5.74, 6) is -2.11. The molecule has 2 atom stereocenters. The van der Waals surface area contributed by atoms with Gasteiger partial charge in [-0.2, -0.15) is 4.99 Å². The second-order valence-electron chi connectivity index (χ2n) is 7.92. The third-order valence-electron chi connectivity index (χ3n) is 4.82. The summed E-state index contributed by atoms with van der Waals surface area (Å²) in [6.07, 6.45) is 2.63. The number of ether oxygens (including phenoxy) is 1. The van der Waals surface area contributed by atoms with E-state index in [1.54, 1.807) is 11.6 Å². The number of nitrogens with zero attached hydrogens (tertiary/aromatic N) is 2. The van der Waals surface area contributed by atoms with Crippen molar-refractivity contribution in [2.75, 3.05) is 5.32 Å². The van der Waals surface area contributed by atoms with E-state index in [0.717, 1.165) is 12.5 Å². The molecule has 0 aliphatic heterocycles. The molecule has 2 rings (SSSR count). The van der Waals surface area contributed by atoms with Gasteiger partial charge in [0.25, 0.3) is 5.91 Å². The van der Waals surface area contributed by atoms with Crippen molar-refractivity contribution < 1.29 is 23.5 Å². The molecule has 0 fully saturated rings. The summed E-state index contributed by atoms with van der Waals surface area (Å²) in [4.78, 5) is 40.7. The zero-order valence-electron chi connectivity index (χ0n) is 18.6. The first-order valence-corrected chi connectivity index (χ1v) is 11.2. The lowest BCUT2D eigenvalue weighted by atomic mass is 10.0. The highest BCUT2D eigenvalue weighted by Crippen LogP contribution is 2.17. The van der Waals surface area contributed by atoms with Crippen molar-refractivity contribution in [3.63, 3.8) is 0 Å². The molecule has 0 aliphatic carbocycles. The number of aromatic nitrogens is 1. The smallest absolute Gasteiger partial charge is 0.324 e. The normalized spacial score (nSPS) is 13.7. The quantitative estimate of drug-likeness (QED) is 0.553. The molecule has 1 aromatic carbocycles. The fourth-order valence-electron chi connectivity index (χ4n) is 2.67. The first-order valence-electron chi connectivity index (χ1n) is 10.4. The second-order valence-corrected chi connectivity index (χ2v) is 8.79. The van der Waals surface area contributed by atoms with Crippen LogP contribution in [0.15, 0.2) is 34.8 Å². The van der Waals surface area contributed by atoms with E-state index in [9.17, 15) is 18.8 Å². The van der Waals surface area contributed by atoms with Gasteiger partial charge in [-0.15, -0.1) is 11.3 Å².